The van der Waals surface area contributed by atoms with Crippen molar-refractivity contribution in [3.05, 3.63) is 36.0 Å². The summed E-state index contributed by atoms with van der Waals surface area (Å²) in [6.07, 6.45) is 3.42. The zero-order chi connectivity index (χ0) is 15.5. The average molecular weight is 301 g/mol. The maximum Gasteiger partial charge on any atom is 0.317 e. The third-order valence-electron chi connectivity index (χ3n) is 4.10. The Balaban J connectivity index is 1.57. The summed E-state index contributed by atoms with van der Waals surface area (Å²) in [4.78, 5) is 28.0. The summed E-state index contributed by atoms with van der Waals surface area (Å²) in [5, 5.41) is 12.8. The van der Waals surface area contributed by atoms with Crippen LogP contribution in [0.2, 0.25) is 0 Å². The minimum Gasteiger partial charge on any atom is -0.480 e. The number of amides is 1. The van der Waals surface area contributed by atoms with E-state index in [1.54, 1.807) is 0 Å². The van der Waals surface area contributed by atoms with Crippen LogP contribution in [0.3, 0.4) is 0 Å². The van der Waals surface area contributed by atoms with Gasteiger partial charge in [0, 0.05) is 41.8 Å². The standard InChI is InChI=1S/C16H19N3O3/c20-15(21)10-19-7-4-13(5-8-19)18-16(22)12-1-2-14-11(9-12)3-6-17-14/h1-3,6,9,13,17H,4-5,7-8,10H2,(H,18,22)(H,20,21). The van der Waals surface area contributed by atoms with Gasteiger partial charge in [-0.25, -0.2) is 0 Å². The number of aromatic amines is 1. The molecule has 1 aromatic carbocycles. The Morgan fingerprint density at radius 1 is 1.27 bits per heavy atom. The van der Waals surface area contributed by atoms with Crippen LogP contribution < -0.4 is 5.32 Å². The summed E-state index contributed by atoms with van der Waals surface area (Å²) in [6.45, 7) is 1.48. The number of H-pyrrole nitrogens is 1. The molecule has 3 rings (SSSR count). The molecule has 1 aromatic heterocycles. The lowest BCUT2D eigenvalue weighted by atomic mass is 10.0. The fraction of sp³-hybridized carbons (Fsp3) is 0.375. The molecule has 1 aliphatic heterocycles. The number of carbonyl (C=O) groups is 2. The Kier molecular flexibility index (Phi) is 4.11. The Labute approximate surface area is 128 Å². The van der Waals surface area contributed by atoms with Crippen molar-refractivity contribution in [3.8, 4) is 0 Å². The maximum atomic E-state index is 12.3. The summed E-state index contributed by atoms with van der Waals surface area (Å²) in [5.74, 6) is -0.873. The van der Waals surface area contributed by atoms with Gasteiger partial charge in [0.2, 0.25) is 0 Å². The first-order valence-corrected chi connectivity index (χ1v) is 7.44. The Morgan fingerprint density at radius 2 is 2.05 bits per heavy atom. The van der Waals surface area contributed by atoms with Crippen LogP contribution in [0.15, 0.2) is 30.5 Å². The Bertz CT molecular complexity index is 687. The number of nitrogens with zero attached hydrogens (tertiary/aromatic N) is 1. The van der Waals surface area contributed by atoms with E-state index in [1.165, 1.54) is 0 Å². The van der Waals surface area contributed by atoms with Gasteiger partial charge in [0.1, 0.15) is 0 Å². The number of nitrogens with one attached hydrogen (secondary N) is 2. The van der Waals surface area contributed by atoms with Gasteiger partial charge >= 0.3 is 5.97 Å². The largest absolute Gasteiger partial charge is 0.480 e. The third-order valence-corrected chi connectivity index (χ3v) is 4.10. The quantitative estimate of drug-likeness (QED) is 0.798. The number of hydrogen-bond donors (Lipinski definition) is 3. The highest BCUT2D eigenvalue weighted by atomic mass is 16.4. The van der Waals surface area contributed by atoms with Crippen molar-refractivity contribution in [2.75, 3.05) is 19.6 Å². The van der Waals surface area contributed by atoms with Crippen molar-refractivity contribution < 1.29 is 14.7 Å². The molecule has 6 nitrogen and oxygen atoms in total. The number of rotatable bonds is 4. The summed E-state index contributed by atoms with van der Waals surface area (Å²) in [5.41, 5.74) is 1.67. The molecule has 0 aliphatic carbocycles. The van der Waals surface area contributed by atoms with Gasteiger partial charge in [0.05, 0.1) is 6.54 Å². The first-order chi connectivity index (χ1) is 10.6. The van der Waals surface area contributed by atoms with Gasteiger partial charge in [-0.15, -0.1) is 0 Å². The molecule has 0 atom stereocenters. The Morgan fingerprint density at radius 3 is 2.77 bits per heavy atom. The molecular formula is C16H19N3O3. The van der Waals surface area contributed by atoms with Crippen LogP contribution in [0.5, 0.6) is 0 Å². The number of carbonyl (C=O) groups excluding carboxylic acids is 1. The molecule has 1 amide bonds. The maximum absolute atomic E-state index is 12.3. The number of carboxylic acid groups (broad SMARTS) is 1. The lowest BCUT2D eigenvalue weighted by Crippen LogP contribution is -2.45. The Hall–Kier alpha value is -2.34. The van der Waals surface area contributed by atoms with Crippen molar-refractivity contribution in [1.82, 2.24) is 15.2 Å². The fourth-order valence-electron chi connectivity index (χ4n) is 2.89. The molecule has 0 saturated carbocycles. The van der Waals surface area contributed by atoms with Gasteiger partial charge in [0.25, 0.3) is 5.91 Å². The number of carboxylic acids is 1. The van der Waals surface area contributed by atoms with Crippen molar-refractivity contribution in [3.63, 3.8) is 0 Å². The summed E-state index contributed by atoms with van der Waals surface area (Å²) in [6, 6.07) is 7.64. The first kappa shape index (κ1) is 14.6. The third kappa shape index (κ3) is 3.28. The van der Waals surface area contributed by atoms with Crippen molar-refractivity contribution in [2.45, 2.75) is 18.9 Å². The number of benzene rings is 1. The van der Waals surface area contributed by atoms with Crippen LogP contribution in [0.4, 0.5) is 0 Å². The van der Waals surface area contributed by atoms with E-state index in [9.17, 15) is 9.59 Å². The summed E-state index contributed by atoms with van der Waals surface area (Å²) < 4.78 is 0. The second kappa shape index (κ2) is 6.19. The highest BCUT2D eigenvalue weighted by molar-refractivity contribution is 5.98. The number of hydrogen-bond acceptors (Lipinski definition) is 3. The van der Waals surface area contributed by atoms with Crippen LogP contribution in [0.1, 0.15) is 23.2 Å². The summed E-state index contributed by atoms with van der Waals surface area (Å²) >= 11 is 0. The van der Waals surface area contributed by atoms with E-state index in [0.717, 1.165) is 23.7 Å². The average Bonchev–Trinajstić information content (AvgIpc) is 2.96. The van der Waals surface area contributed by atoms with Crippen LogP contribution in [-0.4, -0.2) is 52.5 Å². The predicted molar refractivity (Wildman–Crippen MR) is 82.9 cm³/mol. The van der Waals surface area contributed by atoms with Crippen molar-refractivity contribution >= 4 is 22.8 Å². The molecule has 0 radical (unpaired) electrons. The molecule has 2 heterocycles. The summed E-state index contributed by atoms with van der Waals surface area (Å²) in [7, 11) is 0. The van der Waals surface area contributed by atoms with E-state index in [-0.39, 0.29) is 18.5 Å². The molecule has 6 heteroatoms. The molecule has 1 saturated heterocycles. The zero-order valence-corrected chi connectivity index (χ0v) is 12.2. The molecule has 2 aromatic rings. The van der Waals surface area contributed by atoms with E-state index in [2.05, 4.69) is 10.3 Å². The predicted octanol–water partition coefficient (Wildman–Crippen LogP) is 1.45. The van der Waals surface area contributed by atoms with E-state index >= 15 is 0 Å². The van der Waals surface area contributed by atoms with Crippen molar-refractivity contribution in [2.24, 2.45) is 0 Å². The number of piperidine rings is 1. The molecular weight excluding hydrogens is 282 g/mol. The first-order valence-electron chi connectivity index (χ1n) is 7.44. The van der Waals surface area contributed by atoms with Gasteiger partial charge in [-0.3, -0.25) is 14.5 Å². The molecule has 22 heavy (non-hydrogen) atoms. The number of likely N-dealkylation sites (tertiary alicyclic amines) is 1. The number of aliphatic carboxylic acids is 1. The normalized spacial score (nSPS) is 16.7. The SMILES string of the molecule is O=C(O)CN1CCC(NC(=O)c2ccc3[nH]ccc3c2)CC1. The van der Waals surface area contributed by atoms with E-state index in [0.29, 0.717) is 18.7 Å². The molecule has 0 unspecified atom stereocenters. The monoisotopic (exact) mass is 301 g/mol. The molecule has 1 fully saturated rings. The zero-order valence-electron chi connectivity index (χ0n) is 12.2. The van der Waals surface area contributed by atoms with Gasteiger partial charge in [-0.05, 0) is 37.1 Å². The van der Waals surface area contributed by atoms with Gasteiger partial charge in [-0.2, -0.15) is 0 Å². The molecule has 1 aliphatic rings. The lowest BCUT2D eigenvalue weighted by Gasteiger charge is -2.31. The smallest absolute Gasteiger partial charge is 0.317 e. The topological polar surface area (TPSA) is 85.4 Å². The van der Waals surface area contributed by atoms with Crippen molar-refractivity contribution in [1.29, 1.82) is 0 Å². The van der Waals surface area contributed by atoms with Gasteiger partial charge in [0.15, 0.2) is 0 Å². The van der Waals surface area contributed by atoms with E-state index < -0.39 is 5.97 Å². The number of aromatic nitrogens is 1. The van der Waals surface area contributed by atoms with E-state index in [4.69, 9.17) is 5.11 Å². The van der Waals surface area contributed by atoms with Gasteiger partial charge in [-0.1, -0.05) is 0 Å². The van der Waals surface area contributed by atoms with Gasteiger partial charge < -0.3 is 15.4 Å². The van der Waals surface area contributed by atoms with Crippen LogP contribution in [0.25, 0.3) is 10.9 Å². The molecule has 0 bridgehead atoms. The highest BCUT2D eigenvalue weighted by Gasteiger charge is 2.22. The molecule has 0 spiro atoms. The van der Waals surface area contributed by atoms with E-state index in [1.807, 2.05) is 35.4 Å². The second-order valence-corrected chi connectivity index (χ2v) is 5.70. The van der Waals surface area contributed by atoms with Crippen LogP contribution in [0, 0.1) is 0 Å². The minimum absolute atomic E-state index is 0.0696. The second-order valence-electron chi connectivity index (χ2n) is 5.70. The van der Waals surface area contributed by atoms with Crippen LogP contribution >= 0.6 is 0 Å². The number of fused-ring (bicyclic) bond motifs is 1. The highest BCUT2D eigenvalue weighted by Crippen LogP contribution is 2.15. The fourth-order valence-corrected chi connectivity index (χ4v) is 2.89. The van der Waals surface area contributed by atoms with Crippen LogP contribution in [-0.2, 0) is 4.79 Å². The lowest BCUT2D eigenvalue weighted by molar-refractivity contribution is -0.138. The molecule has 116 valence electrons. The minimum atomic E-state index is -0.803. The molecule has 3 N–H and O–H groups in total.